The SMILES string of the molecule is CC(C)C(O)CONC(=O)c1cccc(F)c1N.Cc1cccc(I)c1. The van der Waals surface area contributed by atoms with E-state index in [1.54, 1.807) is 0 Å². The molecule has 7 heteroatoms. The molecule has 0 fully saturated rings. The van der Waals surface area contributed by atoms with E-state index in [0.717, 1.165) is 6.07 Å². The van der Waals surface area contributed by atoms with Gasteiger partial charge in [-0.15, -0.1) is 0 Å². The standard InChI is InChI=1S/C12H17FN2O3.C7H7I/c1-7(2)10(16)6-18-15-12(17)8-4-3-5-9(13)11(8)14;1-6-3-2-4-7(8)5-6/h3-5,7,10,16H,6,14H2,1-2H3,(H,15,17);2-5H,1H3. The fourth-order valence-corrected chi connectivity index (χ4v) is 2.48. The molecule has 2 rings (SSSR count). The maximum Gasteiger partial charge on any atom is 0.277 e. The van der Waals surface area contributed by atoms with Crippen LogP contribution in [0.3, 0.4) is 0 Å². The van der Waals surface area contributed by atoms with Crippen LogP contribution in [0.2, 0.25) is 0 Å². The molecule has 142 valence electrons. The molecule has 0 saturated carbocycles. The molecule has 0 aliphatic rings. The average Bonchev–Trinajstić information content (AvgIpc) is 2.57. The molecule has 26 heavy (non-hydrogen) atoms. The summed E-state index contributed by atoms with van der Waals surface area (Å²) in [5.41, 5.74) is 8.62. The zero-order chi connectivity index (χ0) is 19.7. The average molecular weight is 474 g/mol. The Kier molecular flexibility index (Phi) is 9.53. The second-order valence-corrected chi connectivity index (χ2v) is 7.30. The van der Waals surface area contributed by atoms with E-state index in [1.165, 1.54) is 21.3 Å². The molecule has 0 aromatic heterocycles. The fraction of sp³-hybridized carbons (Fsp3) is 0.316. The van der Waals surface area contributed by atoms with Crippen molar-refractivity contribution < 1.29 is 19.1 Å². The van der Waals surface area contributed by atoms with Crippen LogP contribution in [0.15, 0.2) is 42.5 Å². The summed E-state index contributed by atoms with van der Waals surface area (Å²) in [6.45, 7) is 5.70. The number of rotatable bonds is 5. The number of carbonyl (C=O) groups excluding carboxylic acids is 1. The van der Waals surface area contributed by atoms with Crippen LogP contribution in [-0.4, -0.2) is 23.7 Å². The number of aryl methyl sites for hydroxylation is 1. The smallest absolute Gasteiger partial charge is 0.277 e. The highest BCUT2D eigenvalue weighted by Gasteiger charge is 2.14. The summed E-state index contributed by atoms with van der Waals surface area (Å²) in [5.74, 6) is -1.30. The van der Waals surface area contributed by atoms with Crippen molar-refractivity contribution in [3.8, 4) is 0 Å². The van der Waals surface area contributed by atoms with E-state index < -0.39 is 17.8 Å². The van der Waals surface area contributed by atoms with Crippen molar-refractivity contribution in [1.29, 1.82) is 0 Å². The topological polar surface area (TPSA) is 84.6 Å². The normalized spacial score (nSPS) is 11.5. The van der Waals surface area contributed by atoms with Crippen LogP contribution >= 0.6 is 22.6 Å². The van der Waals surface area contributed by atoms with Crippen LogP contribution in [0.4, 0.5) is 10.1 Å². The minimum absolute atomic E-state index is 0.00552. The number of carbonyl (C=O) groups is 1. The number of aliphatic hydroxyl groups is 1. The summed E-state index contributed by atoms with van der Waals surface area (Å²) in [6, 6.07) is 12.3. The first kappa shape index (κ1) is 22.3. The fourth-order valence-electron chi connectivity index (χ4n) is 1.78. The highest BCUT2D eigenvalue weighted by atomic mass is 127. The summed E-state index contributed by atoms with van der Waals surface area (Å²) in [4.78, 5) is 16.4. The predicted octanol–water partition coefficient (Wildman–Crippen LogP) is 3.69. The Labute approximate surface area is 166 Å². The summed E-state index contributed by atoms with van der Waals surface area (Å²) < 4.78 is 14.4. The van der Waals surface area contributed by atoms with Gasteiger partial charge in [-0.2, -0.15) is 0 Å². The molecule has 1 amide bonds. The Morgan fingerprint density at radius 1 is 1.31 bits per heavy atom. The summed E-state index contributed by atoms with van der Waals surface area (Å²) in [6.07, 6.45) is -0.685. The van der Waals surface area contributed by atoms with Crippen LogP contribution in [-0.2, 0) is 4.84 Å². The Hall–Kier alpha value is -1.71. The van der Waals surface area contributed by atoms with Crippen molar-refractivity contribution in [3.63, 3.8) is 0 Å². The number of para-hydroxylation sites is 1. The number of halogens is 2. The Bertz CT molecular complexity index is 708. The lowest BCUT2D eigenvalue weighted by Gasteiger charge is -2.14. The molecule has 0 spiro atoms. The van der Waals surface area contributed by atoms with Crippen LogP contribution in [0.25, 0.3) is 0 Å². The summed E-state index contributed by atoms with van der Waals surface area (Å²) in [5, 5.41) is 9.45. The van der Waals surface area contributed by atoms with Crippen molar-refractivity contribution in [1.82, 2.24) is 5.48 Å². The van der Waals surface area contributed by atoms with Gasteiger partial charge in [0, 0.05) is 3.57 Å². The second-order valence-electron chi connectivity index (χ2n) is 6.05. The zero-order valence-corrected chi connectivity index (χ0v) is 17.2. The Morgan fingerprint density at radius 2 is 1.96 bits per heavy atom. The predicted molar refractivity (Wildman–Crippen MR) is 109 cm³/mol. The monoisotopic (exact) mass is 474 g/mol. The summed E-state index contributed by atoms with van der Waals surface area (Å²) >= 11 is 2.31. The highest BCUT2D eigenvalue weighted by molar-refractivity contribution is 14.1. The van der Waals surface area contributed by atoms with Crippen molar-refractivity contribution in [3.05, 3.63) is 63.0 Å². The van der Waals surface area contributed by atoms with Crippen LogP contribution in [0, 0.1) is 22.2 Å². The lowest BCUT2D eigenvalue weighted by Crippen LogP contribution is -2.31. The van der Waals surface area contributed by atoms with Gasteiger partial charge in [0.25, 0.3) is 5.91 Å². The number of hydrogen-bond acceptors (Lipinski definition) is 4. The van der Waals surface area contributed by atoms with Gasteiger partial charge in [0.2, 0.25) is 0 Å². The molecule has 5 nitrogen and oxygen atoms in total. The van der Waals surface area contributed by atoms with Crippen molar-refractivity contribution >= 4 is 34.2 Å². The van der Waals surface area contributed by atoms with Crippen LogP contribution < -0.4 is 11.2 Å². The second kappa shape index (κ2) is 11.1. The van der Waals surface area contributed by atoms with Crippen molar-refractivity contribution in [2.75, 3.05) is 12.3 Å². The number of amides is 1. The molecule has 0 heterocycles. The van der Waals surface area contributed by atoms with Gasteiger partial charge in [-0.05, 0) is 59.7 Å². The van der Waals surface area contributed by atoms with Gasteiger partial charge in [0.05, 0.1) is 17.4 Å². The summed E-state index contributed by atoms with van der Waals surface area (Å²) in [7, 11) is 0. The van der Waals surface area contributed by atoms with Gasteiger partial charge < -0.3 is 10.8 Å². The molecule has 0 aliphatic heterocycles. The van der Waals surface area contributed by atoms with Crippen molar-refractivity contribution in [2.24, 2.45) is 5.92 Å². The molecule has 0 radical (unpaired) electrons. The maximum atomic E-state index is 13.1. The third kappa shape index (κ3) is 7.67. The number of nitrogen functional groups attached to an aromatic ring is 1. The number of aliphatic hydroxyl groups excluding tert-OH is 1. The molecular weight excluding hydrogens is 450 g/mol. The van der Waals surface area contributed by atoms with Gasteiger partial charge in [-0.3, -0.25) is 9.63 Å². The van der Waals surface area contributed by atoms with E-state index >= 15 is 0 Å². The molecule has 2 aromatic carbocycles. The highest BCUT2D eigenvalue weighted by Crippen LogP contribution is 2.15. The van der Waals surface area contributed by atoms with Gasteiger partial charge >= 0.3 is 0 Å². The first-order chi connectivity index (χ1) is 12.2. The minimum atomic E-state index is -0.685. The first-order valence-electron chi connectivity index (χ1n) is 8.08. The first-order valence-corrected chi connectivity index (χ1v) is 9.16. The number of hydrogen-bond donors (Lipinski definition) is 3. The van der Waals surface area contributed by atoms with E-state index in [2.05, 4.69) is 59.3 Å². The Balaban J connectivity index is 0.000000350. The van der Waals surface area contributed by atoms with Crippen LogP contribution in [0.1, 0.15) is 29.8 Å². The molecule has 0 bridgehead atoms. The lowest BCUT2D eigenvalue weighted by atomic mass is 10.1. The third-order valence-electron chi connectivity index (χ3n) is 3.47. The molecule has 1 atom stereocenters. The van der Waals surface area contributed by atoms with E-state index in [4.69, 9.17) is 10.6 Å². The number of nitrogens with one attached hydrogen (secondary N) is 1. The molecule has 0 saturated heterocycles. The van der Waals surface area contributed by atoms with Gasteiger partial charge in [0.1, 0.15) is 12.4 Å². The van der Waals surface area contributed by atoms with E-state index in [9.17, 15) is 14.3 Å². The minimum Gasteiger partial charge on any atom is -0.396 e. The number of benzene rings is 2. The largest absolute Gasteiger partial charge is 0.396 e. The molecule has 2 aromatic rings. The van der Waals surface area contributed by atoms with Gasteiger partial charge in [0.15, 0.2) is 0 Å². The third-order valence-corrected chi connectivity index (χ3v) is 4.14. The zero-order valence-electron chi connectivity index (χ0n) is 15.0. The number of hydroxylamine groups is 1. The van der Waals surface area contributed by atoms with Gasteiger partial charge in [-0.1, -0.05) is 37.6 Å². The Morgan fingerprint density at radius 3 is 2.50 bits per heavy atom. The van der Waals surface area contributed by atoms with E-state index in [-0.39, 0.29) is 23.8 Å². The molecular formula is C19H24FIN2O3. The van der Waals surface area contributed by atoms with Crippen molar-refractivity contribution in [2.45, 2.75) is 26.9 Å². The van der Waals surface area contributed by atoms with E-state index in [0.29, 0.717) is 0 Å². The maximum absolute atomic E-state index is 13.1. The quantitative estimate of drug-likeness (QED) is 0.351. The molecule has 4 N–H and O–H groups in total. The molecule has 0 aliphatic carbocycles. The van der Waals surface area contributed by atoms with Gasteiger partial charge in [-0.25, -0.2) is 9.87 Å². The van der Waals surface area contributed by atoms with E-state index in [1.807, 2.05) is 13.8 Å². The number of anilines is 1. The number of nitrogens with two attached hydrogens (primary N) is 1. The molecule has 1 unspecified atom stereocenters. The lowest BCUT2D eigenvalue weighted by molar-refractivity contribution is -0.0268. The van der Waals surface area contributed by atoms with Crippen LogP contribution in [0.5, 0.6) is 0 Å².